The Hall–Kier alpha value is -2.19. The lowest BCUT2D eigenvalue weighted by molar-refractivity contribution is 0.176. The van der Waals surface area contributed by atoms with Crippen LogP contribution in [0.3, 0.4) is 0 Å². The molecule has 28 heavy (non-hydrogen) atoms. The first-order valence-corrected chi connectivity index (χ1v) is 9.64. The molecule has 0 saturated carbocycles. The molecular weight excluding hydrogens is 428 g/mol. The Balaban J connectivity index is 3.11. The molecule has 0 aliphatic rings. The summed E-state index contributed by atoms with van der Waals surface area (Å²) >= 11 is 8.62. The van der Waals surface area contributed by atoms with Crippen molar-refractivity contribution in [2.24, 2.45) is 0 Å². The molecule has 154 valence electrons. The molecule has 0 radical (unpaired) electrons. The van der Waals surface area contributed by atoms with Crippen molar-refractivity contribution in [1.82, 2.24) is 10.6 Å². The predicted molar refractivity (Wildman–Crippen MR) is 113 cm³/mol. The first-order valence-electron chi connectivity index (χ1n) is 7.61. The Bertz CT molecular complexity index is 748. The highest BCUT2D eigenvalue weighted by atomic mass is 32.2. The summed E-state index contributed by atoms with van der Waals surface area (Å²) in [5.74, 6) is 0. The van der Waals surface area contributed by atoms with Crippen LogP contribution in [0.2, 0.25) is 0 Å². The zero-order valence-corrected chi connectivity index (χ0v) is 17.9. The van der Waals surface area contributed by atoms with Crippen LogP contribution in [0.4, 0.5) is 21.0 Å². The van der Waals surface area contributed by atoms with E-state index in [1.54, 1.807) is 25.1 Å². The fraction of sp³-hybridized carbons (Fsp3) is 0.333. The van der Waals surface area contributed by atoms with E-state index >= 15 is 0 Å². The summed E-state index contributed by atoms with van der Waals surface area (Å²) in [6.07, 6.45) is -1.51. The summed E-state index contributed by atoms with van der Waals surface area (Å²) in [6, 6.07) is 4.71. The quantitative estimate of drug-likeness (QED) is 0.391. The van der Waals surface area contributed by atoms with Gasteiger partial charge in [0, 0.05) is 31.3 Å². The van der Waals surface area contributed by atoms with Crippen molar-refractivity contribution in [3.63, 3.8) is 0 Å². The maximum absolute atomic E-state index is 12.5. The third-order valence-electron chi connectivity index (χ3n) is 3.16. The Labute approximate surface area is 175 Å². The van der Waals surface area contributed by atoms with Gasteiger partial charge >= 0.3 is 12.2 Å². The number of alkyl carbamates (subject to hydrolysis) is 2. The summed E-state index contributed by atoms with van der Waals surface area (Å²) in [6.45, 7) is 1.66. The summed E-state index contributed by atoms with van der Waals surface area (Å²) in [5.41, 5.74) is 0.180. The maximum Gasteiger partial charge on any atom is 0.413 e. The zero-order valence-electron chi connectivity index (χ0n) is 15.5. The molecule has 2 atom stereocenters. The zero-order chi connectivity index (χ0) is 21.3. The number of methoxy groups -OCH3 is 3. The molecular formula is C15H20N4O6S3. The largest absolute Gasteiger partial charge is 0.609 e. The maximum atomic E-state index is 12.5. The molecule has 0 bridgehead atoms. The number of carbonyl (C=O) groups is 2. The van der Waals surface area contributed by atoms with Crippen LogP contribution in [-0.2, 0) is 25.4 Å². The van der Waals surface area contributed by atoms with E-state index in [0.29, 0.717) is 16.3 Å². The molecule has 0 fully saturated rings. The van der Waals surface area contributed by atoms with E-state index in [1.807, 2.05) is 0 Å². The van der Waals surface area contributed by atoms with Crippen molar-refractivity contribution in [1.29, 1.82) is 0 Å². The molecule has 0 aromatic heterocycles. The molecule has 4 N–H and O–H groups in total. The van der Waals surface area contributed by atoms with Crippen LogP contribution in [0.1, 0.15) is 6.92 Å². The third-order valence-corrected chi connectivity index (χ3v) is 5.08. The van der Waals surface area contributed by atoms with Gasteiger partial charge in [-0.2, -0.15) is 0 Å². The predicted octanol–water partition coefficient (Wildman–Crippen LogP) is 1.89. The highest BCUT2D eigenvalue weighted by Gasteiger charge is 2.21. The fourth-order valence-electron chi connectivity index (χ4n) is 1.73. The van der Waals surface area contributed by atoms with E-state index in [4.69, 9.17) is 29.2 Å². The number of hydrogen-bond acceptors (Lipinski definition) is 8. The molecule has 0 spiro atoms. The van der Waals surface area contributed by atoms with Gasteiger partial charge in [0.1, 0.15) is 0 Å². The average molecular weight is 449 g/mol. The molecule has 10 nitrogen and oxygen atoms in total. The summed E-state index contributed by atoms with van der Waals surface area (Å²) < 4.78 is 26.5. The van der Waals surface area contributed by atoms with Crippen LogP contribution in [-0.4, -0.2) is 53.7 Å². The summed E-state index contributed by atoms with van der Waals surface area (Å²) in [5, 5.41) is 10.0. The van der Waals surface area contributed by atoms with E-state index in [0.717, 1.165) is 0 Å². The van der Waals surface area contributed by atoms with Crippen molar-refractivity contribution >= 4 is 69.4 Å². The number of anilines is 2. The number of thiocarbonyl (C=S) groups is 2. The van der Waals surface area contributed by atoms with Gasteiger partial charge in [0.25, 0.3) is 0 Å². The molecule has 13 heteroatoms. The molecule has 1 rings (SSSR count). The van der Waals surface area contributed by atoms with Crippen molar-refractivity contribution in [3.8, 4) is 0 Å². The Kier molecular flexibility index (Phi) is 9.89. The standard InChI is InChI=1S/C15H20N4O6S3/c1-8(23-2)28(22)9-5-6-10(16-12(26)18-14(20)24-3)11(7-9)17-13(27)19-15(21)25-4/h5-8H,1-4H3,(H2,16,18,20,26)(H2,17,19,21,27). The second-order valence-corrected chi connectivity index (χ2v) is 7.50. The first-order chi connectivity index (χ1) is 13.2. The lowest BCUT2D eigenvalue weighted by Gasteiger charge is -2.19. The number of benzene rings is 1. The van der Waals surface area contributed by atoms with Gasteiger partial charge in [-0.25, -0.2) is 9.59 Å². The van der Waals surface area contributed by atoms with Crippen LogP contribution in [0.25, 0.3) is 0 Å². The number of nitrogens with one attached hydrogen (secondary N) is 4. The lowest BCUT2D eigenvalue weighted by Crippen LogP contribution is -2.36. The van der Waals surface area contributed by atoms with Crippen LogP contribution in [0.15, 0.2) is 23.1 Å². The minimum Gasteiger partial charge on any atom is -0.609 e. The van der Waals surface area contributed by atoms with E-state index < -0.39 is 28.8 Å². The average Bonchev–Trinajstić information content (AvgIpc) is 2.67. The van der Waals surface area contributed by atoms with Crippen LogP contribution in [0.5, 0.6) is 0 Å². The molecule has 1 aromatic carbocycles. The van der Waals surface area contributed by atoms with Crippen molar-refractivity contribution in [2.45, 2.75) is 17.3 Å². The first kappa shape index (κ1) is 23.8. The van der Waals surface area contributed by atoms with Gasteiger partial charge in [0.15, 0.2) is 15.1 Å². The second-order valence-electron chi connectivity index (χ2n) is 4.95. The van der Waals surface area contributed by atoms with Gasteiger partial charge in [-0.05, 0) is 36.6 Å². The van der Waals surface area contributed by atoms with Crippen LogP contribution < -0.4 is 21.3 Å². The number of amides is 2. The molecule has 0 aliphatic carbocycles. The topological polar surface area (TPSA) is 133 Å². The highest BCUT2D eigenvalue weighted by Crippen LogP contribution is 2.27. The second kappa shape index (κ2) is 11.6. The molecule has 0 aliphatic heterocycles. The number of hydrogen-bond donors (Lipinski definition) is 4. The summed E-state index contributed by atoms with van der Waals surface area (Å²) in [7, 11) is 3.84. The normalized spacial score (nSPS) is 12.2. The summed E-state index contributed by atoms with van der Waals surface area (Å²) in [4.78, 5) is 23.0. The van der Waals surface area contributed by atoms with Crippen molar-refractivity contribution in [3.05, 3.63) is 18.2 Å². The Morgan fingerprint density at radius 1 is 1.00 bits per heavy atom. The van der Waals surface area contributed by atoms with Crippen molar-refractivity contribution in [2.75, 3.05) is 32.0 Å². The number of rotatable bonds is 5. The minimum absolute atomic E-state index is 0.0409. The Morgan fingerprint density at radius 2 is 1.50 bits per heavy atom. The smallest absolute Gasteiger partial charge is 0.413 e. The van der Waals surface area contributed by atoms with E-state index in [9.17, 15) is 14.1 Å². The van der Waals surface area contributed by atoms with Crippen molar-refractivity contribution < 1.29 is 28.4 Å². The van der Waals surface area contributed by atoms with Gasteiger partial charge in [-0.3, -0.25) is 10.6 Å². The molecule has 1 aromatic rings. The lowest BCUT2D eigenvalue weighted by atomic mass is 10.2. The fourth-order valence-corrected chi connectivity index (χ4v) is 3.12. The molecule has 0 heterocycles. The van der Waals surface area contributed by atoms with E-state index in [2.05, 4.69) is 30.7 Å². The monoisotopic (exact) mass is 448 g/mol. The van der Waals surface area contributed by atoms with Gasteiger partial charge < -0.3 is 29.4 Å². The third kappa shape index (κ3) is 7.44. The SMILES string of the molecule is COC(=O)NC(=S)Nc1ccc([S+]([O-])C(C)OC)cc1NC(=S)NC(=O)OC. The van der Waals surface area contributed by atoms with Gasteiger partial charge in [-0.1, -0.05) is 0 Å². The van der Waals surface area contributed by atoms with E-state index in [-0.39, 0.29) is 10.2 Å². The molecule has 2 unspecified atom stereocenters. The Morgan fingerprint density at radius 3 is 1.96 bits per heavy atom. The van der Waals surface area contributed by atoms with Gasteiger partial charge in [-0.15, -0.1) is 0 Å². The van der Waals surface area contributed by atoms with Gasteiger partial charge in [0.2, 0.25) is 5.44 Å². The van der Waals surface area contributed by atoms with Crippen LogP contribution in [0, 0.1) is 0 Å². The highest BCUT2D eigenvalue weighted by molar-refractivity contribution is 7.91. The van der Waals surface area contributed by atoms with E-state index in [1.165, 1.54) is 21.3 Å². The minimum atomic E-state index is -1.47. The molecule has 0 saturated heterocycles. The number of carbonyl (C=O) groups excluding carboxylic acids is 2. The number of ether oxygens (including phenoxy) is 3. The molecule has 2 amide bonds. The van der Waals surface area contributed by atoms with Gasteiger partial charge in [0.05, 0.1) is 25.6 Å². The van der Waals surface area contributed by atoms with Crippen LogP contribution >= 0.6 is 24.4 Å².